The van der Waals surface area contributed by atoms with E-state index in [2.05, 4.69) is 19.2 Å². The fourth-order valence-electron chi connectivity index (χ4n) is 3.11. The third kappa shape index (κ3) is 4.94. The first-order valence-electron chi connectivity index (χ1n) is 9.42. The van der Waals surface area contributed by atoms with E-state index < -0.39 is 0 Å². The summed E-state index contributed by atoms with van der Waals surface area (Å²) in [4.78, 5) is 12.4. The Balaban J connectivity index is 1.59. The Kier molecular flexibility index (Phi) is 6.22. The van der Waals surface area contributed by atoms with Gasteiger partial charge in [0.1, 0.15) is 19.0 Å². The van der Waals surface area contributed by atoms with E-state index in [9.17, 15) is 4.79 Å². The van der Waals surface area contributed by atoms with Crippen molar-refractivity contribution in [2.45, 2.75) is 33.2 Å². The zero-order chi connectivity index (χ0) is 19.2. The predicted octanol–water partition coefficient (Wildman–Crippen LogP) is 4.05. The number of aryl methyl sites for hydroxylation is 1. The highest BCUT2D eigenvalue weighted by Gasteiger charge is 2.21. The SMILES string of the molecule is Cc1ccccc1OCCC(=O)N[C@@H](c1ccc2c(c1)OCCO2)C(C)C. The topological polar surface area (TPSA) is 56.8 Å². The van der Waals surface area contributed by atoms with Gasteiger partial charge in [-0.15, -0.1) is 0 Å². The van der Waals surface area contributed by atoms with E-state index in [1.54, 1.807) is 0 Å². The van der Waals surface area contributed by atoms with Crippen molar-refractivity contribution in [1.82, 2.24) is 5.32 Å². The Morgan fingerprint density at radius 3 is 2.59 bits per heavy atom. The van der Waals surface area contributed by atoms with Crippen molar-refractivity contribution in [2.75, 3.05) is 19.8 Å². The highest BCUT2D eigenvalue weighted by atomic mass is 16.6. The molecule has 0 unspecified atom stereocenters. The van der Waals surface area contributed by atoms with Gasteiger partial charge in [-0.3, -0.25) is 4.79 Å². The lowest BCUT2D eigenvalue weighted by Crippen LogP contribution is -2.32. The Bertz CT molecular complexity index is 788. The predicted molar refractivity (Wildman–Crippen MR) is 104 cm³/mol. The fourth-order valence-corrected chi connectivity index (χ4v) is 3.11. The minimum absolute atomic E-state index is 0.0304. The zero-order valence-corrected chi connectivity index (χ0v) is 16.2. The van der Waals surface area contributed by atoms with Crippen molar-refractivity contribution in [2.24, 2.45) is 5.92 Å². The van der Waals surface area contributed by atoms with Gasteiger partial charge >= 0.3 is 0 Å². The molecule has 1 atom stereocenters. The van der Waals surface area contributed by atoms with E-state index >= 15 is 0 Å². The summed E-state index contributed by atoms with van der Waals surface area (Å²) in [7, 11) is 0. The van der Waals surface area contributed by atoms with Gasteiger partial charge in [0.15, 0.2) is 11.5 Å². The molecule has 5 heteroatoms. The second-order valence-corrected chi connectivity index (χ2v) is 7.06. The zero-order valence-electron chi connectivity index (χ0n) is 16.2. The van der Waals surface area contributed by atoms with Gasteiger partial charge in [-0.1, -0.05) is 38.1 Å². The van der Waals surface area contributed by atoms with Crippen LogP contribution in [0, 0.1) is 12.8 Å². The molecule has 0 aliphatic carbocycles. The van der Waals surface area contributed by atoms with Gasteiger partial charge in [-0.05, 0) is 42.2 Å². The molecule has 1 heterocycles. The molecule has 5 nitrogen and oxygen atoms in total. The Morgan fingerprint density at radius 1 is 1.11 bits per heavy atom. The van der Waals surface area contributed by atoms with Crippen LogP contribution in [-0.4, -0.2) is 25.7 Å². The molecule has 0 saturated heterocycles. The maximum Gasteiger partial charge on any atom is 0.223 e. The van der Waals surface area contributed by atoms with Gasteiger partial charge in [-0.2, -0.15) is 0 Å². The van der Waals surface area contributed by atoms with Crippen molar-refractivity contribution >= 4 is 5.91 Å². The van der Waals surface area contributed by atoms with Gasteiger partial charge in [-0.25, -0.2) is 0 Å². The fraction of sp³-hybridized carbons (Fsp3) is 0.409. The highest BCUT2D eigenvalue weighted by Crippen LogP contribution is 2.34. The third-order valence-corrected chi connectivity index (χ3v) is 4.59. The van der Waals surface area contributed by atoms with Crippen LogP contribution in [0.25, 0.3) is 0 Å². The summed E-state index contributed by atoms with van der Waals surface area (Å²) in [5.74, 6) is 2.52. The number of carbonyl (C=O) groups excluding carboxylic acids is 1. The second-order valence-electron chi connectivity index (χ2n) is 7.06. The molecular weight excluding hydrogens is 342 g/mol. The van der Waals surface area contributed by atoms with E-state index in [0.717, 1.165) is 28.4 Å². The van der Waals surface area contributed by atoms with Gasteiger partial charge in [0.25, 0.3) is 0 Å². The normalized spacial score (nSPS) is 13.9. The van der Waals surface area contributed by atoms with Crippen LogP contribution in [0.1, 0.15) is 37.4 Å². The number of hydrogen-bond acceptors (Lipinski definition) is 4. The van der Waals surface area contributed by atoms with Gasteiger partial charge < -0.3 is 19.5 Å². The van der Waals surface area contributed by atoms with Crippen LogP contribution < -0.4 is 19.5 Å². The molecule has 2 aromatic carbocycles. The summed E-state index contributed by atoms with van der Waals surface area (Å²) in [6.45, 7) is 7.63. The molecule has 0 spiro atoms. The largest absolute Gasteiger partial charge is 0.493 e. The lowest BCUT2D eigenvalue weighted by Gasteiger charge is -2.25. The van der Waals surface area contributed by atoms with Crippen molar-refractivity contribution < 1.29 is 19.0 Å². The number of fused-ring (bicyclic) bond motifs is 1. The van der Waals surface area contributed by atoms with E-state index in [4.69, 9.17) is 14.2 Å². The number of benzene rings is 2. The standard InChI is InChI=1S/C22H27NO4/c1-15(2)22(17-8-9-19-20(14-17)27-13-12-26-19)23-21(24)10-11-25-18-7-5-4-6-16(18)3/h4-9,14-15,22H,10-13H2,1-3H3,(H,23,24)/t22-/m1/s1. The Labute approximate surface area is 160 Å². The lowest BCUT2D eigenvalue weighted by atomic mass is 9.95. The molecule has 0 radical (unpaired) electrons. The van der Waals surface area contributed by atoms with Gasteiger partial charge in [0.05, 0.1) is 19.1 Å². The highest BCUT2D eigenvalue weighted by molar-refractivity contribution is 5.76. The molecule has 27 heavy (non-hydrogen) atoms. The minimum atomic E-state index is -0.0909. The average Bonchev–Trinajstić information content (AvgIpc) is 2.67. The average molecular weight is 369 g/mol. The summed E-state index contributed by atoms with van der Waals surface area (Å²) < 4.78 is 17.0. The number of carbonyl (C=O) groups is 1. The lowest BCUT2D eigenvalue weighted by molar-refractivity contribution is -0.122. The molecule has 0 bridgehead atoms. The van der Waals surface area contributed by atoms with Crippen molar-refractivity contribution in [1.29, 1.82) is 0 Å². The summed E-state index contributed by atoms with van der Waals surface area (Å²) in [5.41, 5.74) is 2.08. The smallest absolute Gasteiger partial charge is 0.223 e. The monoisotopic (exact) mass is 369 g/mol. The Morgan fingerprint density at radius 2 is 1.85 bits per heavy atom. The van der Waals surface area contributed by atoms with Crippen LogP contribution >= 0.6 is 0 Å². The molecule has 1 aliphatic heterocycles. The maximum absolute atomic E-state index is 12.4. The van der Waals surface area contributed by atoms with E-state index in [1.807, 2.05) is 49.4 Å². The first-order chi connectivity index (χ1) is 13.0. The second kappa shape index (κ2) is 8.80. The van der Waals surface area contributed by atoms with Crippen molar-refractivity contribution in [3.05, 3.63) is 53.6 Å². The molecule has 144 valence electrons. The number of ether oxygens (including phenoxy) is 3. The number of amides is 1. The summed E-state index contributed by atoms with van der Waals surface area (Å²) in [6, 6.07) is 13.6. The van der Waals surface area contributed by atoms with Crippen LogP contribution in [0.4, 0.5) is 0 Å². The van der Waals surface area contributed by atoms with Crippen molar-refractivity contribution in [3.63, 3.8) is 0 Å². The minimum Gasteiger partial charge on any atom is -0.493 e. The van der Waals surface area contributed by atoms with E-state index in [-0.39, 0.29) is 17.9 Å². The molecule has 1 amide bonds. The number of para-hydroxylation sites is 1. The summed E-state index contributed by atoms with van der Waals surface area (Å²) in [5, 5.41) is 3.13. The van der Waals surface area contributed by atoms with Gasteiger partial charge in [0.2, 0.25) is 5.91 Å². The van der Waals surface area contributed by atoms with Crippen LogP contribution in [0.3, 0.4) is 0 Å². The number of nitrogens with one attached hydrogen (secondary N) is 1. The third-order valence-electron chi connectivity index (χ3n) is 4.59. The summed E-state index contributed by atoms with van der Waals surface area (Å²) in [6.07, 6.45) is 0.308. The molecule has 0 aromatic heterocycles. The van der Waals surface area contributed by atoms with Crippen molar-refractivity contribution in [3.8, 4) is 17.2 Å². The van der Waals surface area contributed by atoms with Crippen LogP contribution in [0.15, 0.2) is 42.5 Å². The molecular formula is C22H27NO4. The van der Waals surface area contributed by atoms with Crippen LogP contribution in [-0.2, 0) is 4.79 Å². The first kappa shape index (κ1) is 19.1. The molecule has 0 saturated carbocycles. The van der Waals surface area contributed by atoms with Crippen LogP contribution in [0.2, 0.25) is 0 Å². The number of rotatable bonds is 7. The quantitative estimate of drug-likeness (QED) is 0.800. The number of hydrogen-bond donors (Lipinski definition) is 1. The molecule has 1 N–H and O–H groups in total. The Hall–Kier alpha value is -2.69. The van der Waals surface area contributed by atoms with Gasteiger partial charge in [0, 0.05) is 0 Å². The first-order valence-corrected chi connectivity index (χ1v) is 9.42. The molecule has 1 aliphatic rings. The van der Waals surface area contributed by atoms with E-state index in [1.165, 1.54) is 0 Å². The summed E-state index contributed by atoms with van der Waals surface area (Å²) >= 11 is 0. The molecule has 0 fully saturated rings. The van der Waals surface area contributed by atoms with E-state index in [0.29, 0.717) is 26.2 Å². The molecule has 3 rings (SSSR count). The molecule has 2 aromatic rings. The maximum atomic E-state index is 12.4. The van der Waals surface area contributed by atoms with Crippen LogP contribution in [0.5, 0.6) is 17.2 Å².